The van der Waals surface area contributed by atoms with Crippen molar-refractivity contribution in [3.8, 4) is 0 Å². The molecular weight excluding hydrogens is 321 g/mol. The Morgan fingerprint density at radius 1 is 1.17 bits per heavy atom. The second kappa shape index (κ2) is 7.23. The molecule has 7 heteroatoms. The number of anilines is 1. The molecule has 1 fully saturated rings. The average molecular weight is 342 g/mol. The number of carbonyl (C=O) groups excluding carboxylic acids is 2. The Morgan fingerprint density at radius 2 is 1.83 bits per heavy atom. The van der Waals surface area contributed by atoms with Crippen molar-refractivity contribution in [2.45, 2.75) is 38.8 Å². The first-order valence-electron chi connectivity index (χ1n) is 7.94. The molecule has 0 aliphatic heterocycles. The number of hydrogen-bond donors (Lipinski definition) is 2. The lowest BCUT2D eigenvalue weighted by Crippen LogP contribution is -2.39. The van der Waals surface area contributed by atoms with Crippen LogP contribution in [0.4, 0.5) is 18.9 Å². The largest absolute Gasteiger partial charge is 0.392 e. The highest BCUT2D eigenvalue weighted by Crippen LogP contribution is 2.42. The molecule has 0 saturated heterocycles. The predicted octanol–water partition coefficient (Wildman–Crippen LogP) is 3.66. The van der Waals surface area contributed by atoms with Gasteiger partial charge in [-0.3, -0.25) is 9.59 Å². The normalized spacial score (nSPS) is 21.2. The summed E-state index contributed by atoms with van der Waals surface area (Å²) in [6.07, 6.45) is -3.06. The van der Waals surface area contributed by atoms with Crippen LogP contribution in [0.15, 0.2) is 18.2 Å². The molecule has 4 nitrogen and oxygen atoms in total. The summed E-state index contributed by atoms with van der Waals surface area (Å²) in [6, 6.07) is 4.74. The van der Waals surface area contributed by atoms with E-state index in [0.717, 1.165) is 0 Å². The molecule has 1 aliphatic rings. The SMILES string of the molecule is CNC(=O)c1ccc(C)c(NC(=O)C2CCCCC2C(F)(F)F)c1. The quantitative estimate of drug-likeness (QED) is 0.881. The molecule has 0 radical (unpaired) electrons. The molecule has 2 N–H and O–H groups in total. The molecule has 24 heavy (non-hydrogen) atoms. The summed E-state index contributed by atoms with van der Waals surface area (Å²) < 4.78 is 39.5. The number of alkyl halides is 3. The summed E-state index contributed by atoms with van der Waals surface area (Å²) in [5.41, 5.74) is 1.40. The minimum absolute atomic E-state index is 0.0150. The van der Waals surface area contributed by atoms with Crippen LogP contribution in [0, 0.1) is 18.8 Å². The Bertz CT molecular complexity index is 629. The molecule has 2 atom stereocenters. The maximum atomic E-state index is 13.2. The standard InChI is InChI=1S/C17H21F3N2O2/c1-10-7-8-11(15(23)21-2)9-14(10)22-16(24)12-5-3-4-6-13(12)17(18,19)20/h7-9,12-13H,3-6H2,1-2H3,(H,21,23)(H,22,24). The molecule has 2 amide bonds. The topological polar surface area (TPSA) is 58.2 Å². The maximum Gasteiger partial charge on any atom is 0.392 e. The fourth-order valence-corrected chi connectivity index (χ4v) is 3.10. The smallest absolute Gasteiger partial charge is 0.355 e. The van der Waals surface area contributed by atoms with E-state index >= 15 is 0 Å². The van der Waals surface area contributed by atoms with E-state index in [-0.39, 0.29) is 18.7 Å². The predicted molar refractivity (Wildman–Crippen MR) is 84.7 cm³/mol. The Morgan fingerprint density at radius 3 is 2.46 bits per heavy atom. The highest BCUT2D eigenvalue weighted by atomic mass is 19.4. The Labute approximate surface area is 138 Å². The van der Waals surface area contributed by atoms with Crippen LogP contribution >= 0.6 is 0 Å². The molecule has 2 unspecified atom stereocenters. The minimum atomic E-state index is -4.37. The summed E-state index contributed by atoms with van der Waals surface area (Å²) in [5, 5.41) is 5.05. The first-order chi connectivity index (χ1) is 11.2. The van der Waals surface area contributed by atoms with Gasteiger partial charge in [0.15, 0.2) is 0 Å². The zero-order chi connectivity index (χ0) is 17.9. The van der Waals surface area contributed by atoms with Crippen LogP contribution in [0.25, 0.3) is 0 Å². The third-order valence-corrected chi connectivity index (χ3v) is 4.51. The number of benzene rings is 1. The summed E-state index contributed by atoms with van der Waals surface area (Å²) in [7, 11) is 1.48. The van der Waals surface area contributed by atoms with Crippen LogP contribution in [0.3, 0.4) is 0 Å². The van der Waals surface area contributed by atoms with Crippen LogP contribution in [0.5, 0.6) is 0 Å². The summed E-state index contributed by atoms with van der Waals surface area (Å²) in [4.78, 5) is 24.1. The Hall–Kier alpha value is -2.05. The van der Waals surface area contributed by atoms with E-state index in [9.17, 15) is 22.8 Å². The highest BCUT2D eigenvalue weighted by Gasteiger charge is 2.48. The maximum absolute atomic E-state index is 13.2. The third-order valence-electron chi connectivity index (χ3n) is 4.51. The number of carbonyl (C=O) groups is 2. The Kier molecular flexibility index (Phi) is 5.51. The molecular formula is C17H21F3N2O2. The molecule has 0 bridgehead atoms. The molecule has 0 aromatic heterocycles. The van der Waals surface area contributed by atoms with Crippen LogP contribution in [0.2, 0.25) is 0 Å². The van der Waals surface area contributed by atoms with Gasteiger partial charge in [-0.25, -0.2) is 0 Å². The van der Waals surface area contributed by atoms with Gasteiger partial charge in [-0.1, -0.05) is 18.9 Å². The lowest BCUT2D eigenvalue weighted by atomic mass is 9.78. The molecule has 2 rings (SSSR count). The minimum Gasteiger partial charge on any atom is -0.355 e. The molecule has 0 heterocycles. The molecule has 132 valence electrons. The van der Waals surface area contributed by atoms with E-state index in [0.29, 0.717) is 29.7 Å². The van der Waals surface area contributed by atoms with Crippen molar-refractivity contribution in [3.05, 3.63) is 29.3 Å². The van der Waals surface area contributed by atoms with Crippen LogP contribution < -0.4 is 10.6 Å². The van der Waals surface area contributed by atoms with E-state index in [4.69, 9.17) is 0 Å². The zero-order valence-electron chi connectivity index (χ0n) is 13.7. The van der Waals surface area contributed by atoms with Crippen molar-refractivity contribution in [2.75, 3.05) is 12.4 Å². The summed E-state index contributed by atoms with van der Waals surface area (Å²) in [5.74, 6) is -3.64. The van der Waals surface area contributed by atoms with Gasteiger partial charge in [0.1, 0.15) is 0 Å². The number of rotatable bonds is 3. The Balaban J connectivity index is 2.20. The van der Waals surface area contributed by atoms with Crippen molar-refractivity contribution in [1.82, 2.24) is 5.32 Å². The van der Waals surface area contributed by atoms with E-state index in [1.807, 2.05) is 0 Å². The second-order valence-electron chi connectivity index (χ2n) is 6.14. The third kappa shape index (κ3) is 4.07. The molecule has 1 saturated carbocycles. The molecule has 1 aromatic carbocycles. The van der Waals surface area contributed by atoms with E-state index in [1.165, 1.54) is 13.1 Å². The number of nitrogens with one attached hydrogen (secondary N) is 2. The van der Waals surface area contributed by atoms with Crippen LogP contribution in [0.1, 0.15) is 41.6 Å². The van der Waals surface area contributed by atoms with Gasteiger partial charge in [-0.05, 0) is 37.5 Å². The van der Waals surface area contributed by atoms with Gasteiger partial charge in [0, 0.05) is 24.2 Å². The van der Waals surface area contributed by atoms with Gasteiger partial charge in [0.05, 0.1) is 5.92 Å². The fourth-order valence-electron chi connectivity index (χ4n) is 3.10. The van der Waals surface area contributed by atoms with Crippen LogP contribution in [-0.4, -0.2) is 25.0 Å². The van der Waals surface area contributed by atoms with E-state index in [2.05, 4.69) is 10.6 Å². The lowest BCUT2D eigenvalue weighted by molar-refractivity contribution is -0.197. The number of hydrogen-bond acceptors (Lipinski definition) is 2. The second-order valence-corrected chi connectivity index (χ2v) is 6.14. The van der Waals surface area contributed by atoms with Gasteiger partial charge in [0.2, 0.25) is 5.91 Å². The molecule has 1 aromatic rings. The average Bonchev–Trinajstić information content (AvgIpc) is 2.55. The van der Waals surface area contributed by atoms with Crippen molar-refractivity contribution in [1.29, 1.82) is 0 Å². The first-order valence-corrected chi connectivity index (χ1v) is 7.94. The monoisotopic (exact) mass is 342 g/mol. The summed E-state index contributed by atoms with van der Waals surface area (Å²) in [6.45, 7) is 1.73. The molecule has 0 spiro atoms. The van der Waals surface area contributed by atoms with Crippen molar-refractivity contribution in [2.24, 2.45) is 11.8 Å². The van der Waals surface area contributed by atoms with Gasteiger partial charge in [0.25, 0.3) is 5.91 Å². The zero-order valence-corrected chi connectivity index (χ0v) is 13.7. The summed E-state index contributed by atoms with van der Waals surface area (Å²) >= 11 is 0. The van der Waals surface area contributed by atoms with Crippen molar-refractivity contribution >= 4 is 17.5 Å². The fraction of sp³-hybridized carbons (Fsp3) is 0.529. The number of amides is 2. The van der Waals surface area contributed by atoms with Gasteiger partial charge in [-0.15, -0.1) is 0 Å². The lowest BCUT2D eigenvalue weighted by Gasteiger charge is -2.32. The van der Waals surface area contributed by atoms with Gasteiger partial charge >= 0.3 is 6.18 Å². The number of halogens is 3. The van der Waals surface area contributed by atoms with E-state index < -0.39 is 23.9 Å². The number of aryl methyl sites for hydroxylation is 1. The van der Waals surface area contributed by atoms with Gasteiger partial charge < -0.3 is 10.6 Å². The first kappa shape index (κ1) is 18.3. The molecule has 1 aliphatic carbocycles. The van der Waals surface area contributed by atoms with Crippen molar-refractivity contribution in [3.63, 3.8) is 0 Å². The van der Waals surface area contributed by atoms with Crippen LogP contribution in [-0.2, 0) is 4.79 Å². The van der Waals surface area contributed by atoms with E-state index in [1.54, 1.807) is 19.1 Å². The van der Waals surface area contributed by atoms with Gasteiger partial charge in [-0.2, -0.15) is 13.2 Å². The van der Waals surface area contributed by atoms with Crippen molar-refractivity contribution < 1.29 is 22.8 Å². The highest BCUT2D eigenvalue weighted by molar-refractivity contribution is 5.98.